The molecule has 34 valence electrons. The third kappa shape index (κ3) is 3.62. The summed E-state index contributed by atoms with van der Waals surface area (Å²) in [6.45, 7) is 0. The van der Waals surface area contributed by atoms with Crippen molar-refractivity contribution in [2.75, 3.05) is 0 Å². The Morgan fingerprint density at radius 2 is 2.50 bits per heavy atom. The Balaban J connectivity index is 3.41. The SMILES string of the molecule is N=CN=C(N)Br. The summed E-state index contributed by atoms with van der Waals surface area (Å²) >= 11 is 2.81. The Hall–Kier alpha value is -0.380. The maximum absolute atomic E-state index is 6.31. The fourth-order valence-electron chi connectivity index (χ4n) is 0.0617. The van der Waals surface area contributed by atoms with Crippen molar-refractivity contribution in [1.29, 1.82) is 5.41 Å². The minimum Gasteiger partial charge on any atom is -0.378 e. The summed E-state index contributed by atoms with van der Waals surface area (Å²) in [4.78, 5) is 3.28. The molecule has 0 rings (SSSR count). The number of nitrogens with two attached hydrogens (primary N) is 1. The van der Waals surface area contributed by atoms with Crippen LogP contribution < -0.4 is 5.73 Å². The molecule has 0 bridgehead atoms. The van der Waals surface area contributed by atoms with Crippen LogP contribution in [0.15, 0.2) is 4.99 Å². The van der Waals surface area contributed by atoms with E-state index in [1.54, 1.807) is 0 Å². The zero-order valence-electron chi connectivity index (χ0n) is 2.98. The average molecular weight is 150 g/mol. The van der Waals surface area contributed by atoms with Gasteiger partial charge in [-0.2, -0.15) is 0 Å². The number of aliphatic imine (C=N–C) groups is 1. The molecule has 0 aliphatic rings. The first-order chi connectivity index (χ1) is 2.77. The van der Waals surface area contributed by atoms with Crippen LogP contribution in [0.25, 0.3) is 0 Å². The van der Waals surface area contributed by atoms with E-state index < -0.39 is 0 Å². The van der Waals surface area contributed by atoms with Gasteiger partial charge in [-0.15, -0.1) is 0 Å². The van der Waals surface area contributed by atoms with E-state index in [-0.39, 0.29) is 4.74 Å². The van der Waals surface area contributed by atoms with Gasteiger partial charge in [-0.25, -0.2) is 4.99 Å². The molecular weight excluding hydrogens is 146 g/mol. The second kappa shape index (κ2) is 2.84. The molecule has 0 aromatic rings. The topological polar surface area (TPSA) is 62.2 Å². The minimum absolute atomic E-state index is 0.234. The molecule has 0 amide bonds. The fourth-order valence-corrected chi connectivity index (χ4v) is 0.164. The predicted octanol–water partition coefficient (Wildman–Crippen LogP) is 0.303. The molecular formula is C2H4BrN3. The average Bonchev–Trinajstić information content (AvgIpc) is 1.35. The quantitative estimate of drug-likeness (QED) is 0.315. The molecule has 0 fully saturated rings. The number of nitrogens with zero attached hydrogens (tertiary/aromatic N) is 1. The van der Waals surface area contributed by atoms with Crippen molar-refractivity contribution < 1.29 is 0 Å². The van der Waals surface area contributed by atoms with E-state index in [9.17, 15) is 0 Å². The number of hydrogen-bond acceptors (Lipinski definition) is 1. The summed E-state index contributed by atoms with van der Waals surface area (Å²) in [7, 11) is 0. The van der Waals surface area contributed by atoms with Gasteiger partial charge in [-0.3, -0.25) is 5.41 Å². The highest BCUT2D eigenvalue weighted by atomic mass is 79.9. The monoisotopic (exact) mass is 149 g/mol. The highest BCUT2D eigenvalue weighted by molar-refractivity contribution is 9.18. The van der Waals surface area contributed by atoms with Gasteiger partial charge in [0.25, 0.3) is 0 Å². The predicted molar refractivity (Wildman–Crippen MR) is 29.3 cm³/mol. The Labute approximate surface area is 43.9 Å². The Morgan fingerprint density at radius 1 is 2.00 bits per heavy atom. The first-order valence-electron chi connectivity index (χ1n) is 1.25. The van der Waals surface area contributed by atoms with E-state index in [4.69, 9.17) is 11.1 Å². The highest BCUT2D eigenvalue weighted by Gasteiger charge is 1.69. The summed E-state index contributed by atoms with van der Waals surface area (Å²) in [5, 5.41) is 6.31. The van der Waals surface area contributed by atoms with Crippen LogP contribution in [0.5, 0.6) is 0 Å². The molecule has 0 unspecified atom stereocenters. The number of hydrogen-bond donors (Lipinski definition) is 2. The molecule has 0 aliphatic heterocycles. The van der Waals surface area contributed by atoms with Crippen molar-refractivity contribution in [1.82, 2.24) is 0 Å². The second-order valence-electron chi connectivity index (χ2n) is 0.581. The third-order valence-corrected chi connectivity index (χ3v) is 0.393. The van der Waals surface area contributed by atoms with Crippen LogP contribution in [0.4, 0.5) is 0 Å². The number of halogens is 1. The smallest absolute Gasteiger partial charge is 0.169 e. The van der Waals surface area contributed by atoms with Gasteiger partial charge in [-0.1, -0.05) is 0 Å². The summed E-state index contributed by atoms with van der Waals surface area (Å²) in [5.41, 5.74) is 4.92. The summed E-state index contributed by atoms with van der Waals surface area (Å²) in [5.74, 6) is 0. The molecule has 3 N–H and O–H groups in total. The first-order valence-corrected chi connectivity index (χ1v) is 2.04. The van der Waals surface area contributed by atoms with Crippen LogP contribution in [0.1, 0.15) is 0 Å². The number of rotatable bonds is 1. The van der Waals surface area contributed by atoms with Crippen LogP contribution in [-0.2, 0) is 0 Å². The zero-order valence-corrected chi connectivity index (χ0v) is 4.57. The van der Waals surface area contributed by atoms with Gasteiger partial charge in [0.1, 0.15) is 6.34 Å². The first kappa shape index (κ1) is 5.62. The Morgan fingerprint density at radius 3 is 2.50 bits per heavy atom. The van der Waals surface area contributed by atoms with Gasteiger partial charge < -0.3 is 5.73 Å². The lowest BCUT2D eigenvalue weighted by Crippen LogP contribution is -1.99. The zero-order chi connectivity index (χ0) is 4.99. The Bertz CT molecular complexity index is 72.9. The van der Waals surface area contributed by atoms with E-state index in [1.807, 2.05) is 0 Å². The standard InChI is InChI=1S/C2H4BrN3/c3-2(5)6-1-4/h1H,(H3,4,5,6). The van der Waals surface area contributed by atoms with Crippen molar-refractivity contribution in [2.24, 2.45) is 10.7 Å². The van der Waals surface area contributed by atoms with Gasteiger partial charge in [0.15, 0.2) is 4.74 Å². The molecule has 0 saturated heterocycles. The van der Waals surface area contributed by atoms with Crippen LogP contribution in [0.3, 0.4) is 0 Å². The lowest BCUT2D eigenvalue weighted by Gasteiger charge is -1.73. The van der Waals surface area contributed by atoms with Gasteiger partial charge in [0, 0.05) is 0 Å². The summed E-state index contributed by atoms with van der Waals surface area (Å²) in [6.07, 6.45) is 0.865. The molecule has 4 heteroatoms. The third-order valence-electron chi connectivity index (χ3n) is 0.188. The van der Waals surface area contributed by atoms with Crippen molar-refractivity contribution in [3.05, 3.63) is 0 Å². The van der Waals surface area contributed by atoms with Crippen LogP contribution in [0, 0.1) is 5.41 Å². The lowest BCUT2D eigenvalue weighted by atomic mass is 11.2. The molecule has 6 heavy (non-hydrogen) atoms. The summed E-state index contributed by atoms with van der Waals surface area (Å²) in [6, 6.07) is 0. The van der Waals surface area contributed by atoms with Gasteiger partial charge in [0.2, 0.25) is 0 Å². The van der Waals surface area contributed by atoms with Crippen molar-refractivity contribution in [3.63, 3.8) is 0 Å². The molecule has 0 aromatic heterocycles. The molecule has 0 aromatic carbocycles. The number of nitrogens with one attached hydrogen (secondary N) is 1. The van der Waals surface area contributed by atoms with E-state index in [1.165, 1.54) is 0 Å². The molecule has 0 heterocycles. The van der Waals surface area contributed by atoms with Gasteiger partial charge in [-0.05, 0) is 15.9 Å². The fraction of sp³-hybridized carbons (Fsp3) is 0. The van der Waals surface area contributed by atoms with Crippen molar-refractivity contribution in [3.8, 4) is 0 Å². The minimum atomic E-state index is 0.234. The maximum Gasteiger partial charge on any atom is 0.169 e. The molecule has 0 radical (unpaired) electrons. The molecule has 0 spiro atoms. The molecule has 3 nitrogen and oxygen atoms in total. The normalized spacial score (nSPS) is 11.2. The Kier molecular flexibility index (Phi) is 2.66. The largest absolute Gasteiger partial charge is 0.378 e. The molecule has 0 aliphatic carbocycles. The molecule has 0 atom stereocenters. The van der Waals surface area contributed by atoms with E-state index in [2.05, 4.69) is 20.9 Å². The molecule has 0 saturated carbocycles. The van der Waals surface area contributed by atoms with Crippen LogP contribution >= 0.6 is 15.9 Å². The van der Waals surface area contributed by atoms with Crippen molar-refractivity contribution in [2.45, 2.75) is 0 Å². The van der Waals surface area contributed by atoms with E-state index in [0.29, 0.717) is 0 Å². The highest BCUT2D eigenvalue weighted by Crippen LogP contribution is 1.73. The number of amidine groups is 1. The van der Waals surface area contributed by atoms with E-state index in [0.717, 1.165) is 6.34 Å². The van der Waals surface area contributed by atoms with Crippen molar-refractivity contribution >= 4 is 27.0 Å². The van der Waals surface area contributed by atoms with Gasteiger partial charge >= 0.3 is 0 Å². The van der Waals surface area contributed by atoms with E-state index >= 15 is 0 Å². The van der Waals surface area contributed by atoms with Gasteiger partial charge in [0.05, 0.1) is 0 Å². The second-order valence-corrected chi connectivity index (χ2v) is 1.39. The van der Waals surface area contributed by atoms with Crippen LogP contribution in [0.2, 0.25) is 0 Å². The van der Waals surface area contributed by atoms with Crippen LogP contribution in [-0.4, -0.2) is 11.1 Å². The summed E-state index contributed by atoms with van der Waals surface area (Å²) < 4.78 is 0.234. The lowest BCUT2D eigenvalue weighted by molar-refractivity contribution is 1.51. The maximum atomic E-state index is 6.31.